The normalized spacial score (nSPS) is 11.9. The molecule has 93 valence electrons. The number of nitrogens with zero attached hydrogens (tertiary/aromatic N) is 1. The van der Waals surface area contributed by atoms with Crippen LogP contribution >= 0.6 is 11.3 Å². The van der Waals surface area contributed by atoms with Crippen LogP contribution < -0.4 is 4.43 Å². The molecule has 0 amide bonds. The van der Waals surface area contributed by atoms with E-state index in [2.05, 4.69) is 34.9 Å². The molecule has 0 atom stereocenters. The zero-order valence-corrected chi connectivity index (χ0v) is 12.6. The minimum atomic E-state index is -0.765. The molecule has 0 bridgehead atoms. The molecule has 0 saturated heterocycles. The third-order valence-corrected chi connectivity index (χ3v) is 3.72. The average molecular weight is 274 g/mol. The number of thiophene rings is 1. The summed E-state index contributed by atoms with van der Waals surface area (Å²) in [7, 11) is -0.765. The predicted molar refractivity (Wildman–Crippen MR) is 80.7 cm³/mol. The average Bonchev–Trinajstić information content (AvgIpc) is 2.84. The van der Waals surface area contributed by atoms with Gasteiger partial charge >= 0.3 is 0 Å². The molecule has 1 heterocycles. The first-order chi connectivity index (χ1) is 8.66. The summed E-state index contributed by atoms with van der Waals surface area (Å²) in [4.78, 5) is 4.67. The molecule has 1 radical (unpaired) electrons. The molecule has 18 heavy (non-hydrogen) atoms. The van der Waals surface area contributed by atoms with Gasteiger partial charge in [-0.1, -0.05) is 12.1 Å². The molecule has 0 aliphatic heterocycles. The number of benzene rings is 1. The fourth-order valence-electron chi connectivity index (χ4n) is 1.57. The molecule has 1 aromatic carbocycles. The summed E-state index contributed by atoms with van der Waals surface area (Å²) in [6.07, 6.45) is 0. The Balaban J connectivity index is 2.31. The van der Waals surface area contributed by atoms with Gasteiger partial charge in [0.2, 0.25) is 0 Å². The van der Waals surface area contributed by atoms with Crippen LogP contribution in [0.25, 0.3) is 0 Å². The smallest absolute Gasteiger partial charge is 0.274 e. The SMILES string of the molecule is CC(=Nc1ccccc1O[Si](C)C)c1ccsc1. The Hall–Kier alpha value is -1.39. The van der Waals surface area contributed by atoms with E-state index in [0.717, 1.165) is 17.1 Å². The van der Waals surface area contributed by atoms with Crippen LogP contribution in [-0.2, 0) is 0 Å². The maximum absolute atomic E-state index is 5.86. The van der Waals surface area contributed by atoms with Crippen molar-refractivity contribution >= 4 is 31.8 Å². The molecule has 2 nitrogen and oxygen atoms in total. The molecular formula is C14H16NOSSi. The van der Waals surface area contributed by atoms with E-state index in [4.69, 9.17) is 4.43 Å². The third-order valence-electron chi connectivity index (χ3n) is 2.41. The van der Waals surface area contributed by atoms with Crippen molar-refractivity contribution in [3.63, 3.8) is 0 Å². The van der Waals surface area contributed by atoms with E-state index in [-0.39, 0.29) is 0 Å². The molecule has 0 spiro atoms. The lowest BCUT2D eigenvalue weighted by Gasteiger charge is -2.11. The van der Waals surface area contributed by atoms with Crippen molar-refractivity contribution in [1.29, 1.82) is 0 Å². The van der Waals surface area contributed by atoms with Gasteiger partial charge in [0.25, 0.3) is 9.04 Å². The summed E-state index contributed by atoms with van der Waals surface area (Å²) in [5.41, 5.74) is 3.11. The van der Waals surface area contributed by atoms with Gasteiger partial charge in [0, 0.05) is 11.3 Å². The summed E-state index contributed by atoms with van der Waals surface area (Å²) in [5.74, 6) is 0.881. The van der Waals surface area contributed by atoms with Crippen molar-refractivity contribution in [2.75, 3.05) is 0 Å². The highest BCUT2D eigenvalue weighted by atomic mass is 32.1. The van der Waals surface area contributed by atoms with Gasteiger partial charge in [-0.3, -0.25) is 0 Å². The molecule has 2 rings (SSSR count). The second-order valence-electron chi connectivity index (χ2n) is 4.19. The van der Waals surface area contributed by atoms with Crippen LogP contribution in [0.2, 0.25) is 13.1 Å². The lowest BCUT2D eigenvalue weighted by atomic mass is 10.2. The number of rotatable bonds is 4. The Bertz CT molecular complexity index is 534. The first-order valence-corrected chi connectivity index (χ1v) is 9.17. The summed E-state index contributed by atoms with van der Waals surface area (Å²) in [6, 6.07) is 10.0. The van der Waals surface area contributed by atoms with E-state index in [1.807, 2.05) is 31.2 Å². The minimum absolute atomic E-state index is 0.765. The molecule has 0 N–H and O–H groups in total. The number of hydrogen-bond acceptors (Lipinski definition) is 3. The van der Waals surface area contributed by atoms with Crippen molar-refractivity contribution in [3.8, 4) is 5.75 Å². The highest BCUT2D eigenvalue weighted by Gasteiger charge is 2.06. The Morgan fingerprint density at radius 2 is 2.00 bits per heavy atom. The minimum Gasteiger partial charge on any atom is -0.541 e. The second kappa shape index (κ2) is 5.98. The molecule has 2 aromatic rings. The summed E-state index contributed by atoms with van der Waals surface area (Å²) >= 11 is 1.69. The molecular weight excluding hydrogens is 258 g/mol. The quantitative estimate of drug-likeness (QED) is 0.593. The Morgan fingerprint density at radius 3 is 2.67 bits per heavy atom. The zero-order valence-electron chi connectivity index (χ0n) is 10.8. The Kier molecular flexibility index (Phi) is 4.33. The molecule has 0 fully saturated rings. The maximum atomic E-state index is 5.86. The van der Waals surface area contributed by atoms with Gasteiger partial charge in [-0.25, -0.2) is 4.99 Å². The highest BCUT2D eigenvalue weighted by molar-refractivity contribution is 7.08. The van der Waals surface area contributed by atoms with Crippen molar-refractivity contribution in [1.82, 2.24) is 0 Å². The number of hydrogen-bond donors (Lipinski definition) is 0. The molecule has 4 heteroatoms. The first kappa shape index (κ1) is 13.0. The topological polar surface area (TPSA) is 21.6 Å². The van der Waals surface area contributed by atoms with E-state index in [1.54, 1.807) is 11.3 Å². The summed E-state index contributed by atoms with van der Waals surface area (Å²) < 4.78 is 5.86. The van der Waals surface area contributed by atoms with Crippen LogP contribution in [0.1, 0.15) is 12.5 Å². The van der Waals surface area contributed by atoms with Crippen LogP contribution in [0.3, 0.4) is 0 Å². The molecule has 1 aromatic heterocycles. The fourth-order valence-corrected chi connectivity index (χ4v) is 2.88. The van der Waals surface area contributed by atoms with Gasteiger partial charge in [0.1, 0.15) is 11.4 Å². The van der Waals surface area contributed by atoms with Gasteiger partial charge in [0.05, 0.1) is 0 Å². The van der Waals surface area contributed by atoms with Crippen LogP contribution in [-0.4, -0.2) is 14.8 Å². The van der Waals surface area contributed by atoms with Crippen molar-refractivity contribution in [2.24, 2.45) is 4.99 Å². The molecule has 0 aliphatic carbocycles. The van der Waals surface area contributed by atoms with Gasteiger partial charge in [0.15, 0.2) is 0 Å². The van der Waals surface area contributed by atoms with Crippen LogP contribution in [0.4, 0.5) is 5.69 Å². The fraction of sp³-hybridized carbons (Fsp3) is 0.214. The standard InChI is InChI=1S/C14H16NOSSi/c1-11(12-8-9-17-10-12)15-13-6-4-5-7-14(13)16-18(2)3/h4-10H,1-3H3. The van der Waals surface area contributed by atoms with Crippen LogP contribution in [0.5, 0.6) is 5.75 Å². The zero-order chi connectivity index (χ0) is 13.0. The van der Waals surface area contributed by atoms with Gasteiger partial charge in [-0.15, -0.1) is 0 Å². The summed E-state index contributed by atoms with van der Waals surface area (Å²) in [5, 5.41) is 4.17. The van der Waals surface area contributed by atoms with Gasteiger partial charge in [-0.2, -0.15) is 11.3 Å². The van der Waals surface area contributed by atoms with E-state index in [1.165, 1.54) is 5.56 Å². The highest BCUT2D eigenvalue weighted by Crippen LogP contribution is 2.28. The Labute approximate surface area is 114 Å². The summed E-state index contributed by atoms with van der Waals surface area (Å²) in [6.45, 7) is 6.27. The lowest BCUT2D eigenvalue weighted by molar-refractivity contribution is 0.582. The van der Waals surface area contributed by atoms with Crippen molar-refractivity contribution in [2.45, 2.75) is 20.0 Å². The monoisotopic (exact) mass is 274 g/mol. The Morgan fingerprint density at radius 1 is 1.22 bits per heavy atom. The lowest BCUT2D eigenvalue weighted by Crippen LogP contribution is -2.11. The molecule has 0 saturated carbocycles. The van der Waals surface area contributed by atoms with E-state index < -0.39 is 9.04 Å². The maximum Gasteiger partial charge on any atom is 0.274 e. The van der Waals surface area contributed by atoms with Crippen molar-refractivity contribution < 1.29 is 4.43 Å². The van der Waals surface area contributed by atoms with Crippen LogP contribution in [0.15, 0.2) is 46.1 Å². The largest absolute Gasteiger partial charge is 0.541 e. The van der Waals surface area contributed by atoms with Crippen molar-refractivity contribution in [3.05, 3.63) is 46.7 Å². The van der Waals surface area contributed by atoms with E-state index >= 15 is 0 Å². The number of aliphatic imine (C=N–C) groups is 1. The second-order valence-corrected chi connectivity index (χ2v) is 6.99. The van der Waals surface area contributed by atoms with E-state index in [9.17, 15) is 0 Å². The van der Waals surface area contributed by atoms with Crippen LogP contribution in [0, 0.1) is 0 Å². The van der Waals surface area contributed by atoms with Gasteiger partial charge in [-0.05, 0) is 49.0 Å². The molecule has 0 aliphatic rings. The van der Waals surface area contributed by atoms with Gasteiger partial charge < -0.3 is 4.43 Å². The number of para-hydroxylation sites is 2. The first-order valence-electron chi connectivity index (χ1n) is 5.81. The molecule has 0 unspecified atom stereocenters. The predicted octanol–water partition coefficient (Wildman–Crippen LogP) is 4.52. The van der Waals surface area contributed by atoms with E-state index in [0.29, 0.717) is 0 Å². The third kappa shape index (κ3) is 3.30.